The van der Waals surface area contributed by atoms with Crippen LogP contribution >= 0.6 is 0 Å². The molecule has 0 bridgehead atoms. The fourth-order valence-electron chi connectivity index (χ4n) is 3.33. The zero-order valence-corrected chi connectivity index (χ0v) is 16.9. The number of esters is 1. The summed E-state index contributed by atoms with van der Waals surface area (Å²) in [6, 6.07) is 18.2. The highest BCUT2D eigenvalue weighted by atomic mass is 16.5. The Hall–Kier alpha value is -3.93. The van der Waals surface area contributed by atoms with Gasteiger partial charge < -0.3 is 9.15 Å². The minimum Gasteiger partial charge on any atom is -0.465 e. The third-order valence-electron chi connectivity index (χ3n) is 4.89. The summed E-state index contributed by atoms with van der Waals surface area (Å²) in [5.74, 6) is 0.618. The van der Waals surface area contributed by atoms with E-state index < -0.39 is 0 Å². The summed E-state index contributed by atoms with van der Waals surface area (Å²) in [5, 5.41) is 5.77. The van der Waals surface area contributed by atoms with Gasteiger partial charge in [-0.15, -0.1) is 0 Å². The molecule has 0 saturated heterocycles. The summed E-state index contributed by atoms with van der Waals surface area (Å²) in [4.78, 5) is 24.5. The maximum Gasteiger partial charge on any atom is 0.337 e. The molecule has 150 valence electrons. The average molecular weight is 400 g/mol. The molecule has 1 aromatic heterocycles. The van der Waals surface area contributed by atoms with Crippen LogP contribution in [0.1, 0.15) is 28.6 Å². The zero-order valence-electron chi connectivity index (χ0n) is 16.9. The highest BCUT2D eigenvalue weighted by molar-refractivity contribution is 6.32. The molecule has 0 N–H and O–H groups in total. The molecule has 30 heavy (non-hydrogen) atoms. The Labute approximate surface area is 174 Å². The van der Waals surface area contributed by atoms with Gasteiger partial charge in [-0.1, -0.05) is 24.3 Å². The molecule has 0 atom stereocenters. The van der Waals surface area contributed by atoms with E-state index in [0.29, 0.717) is 34.1 Å². The molecule has 0 spiro atoms. The first-order chi connectivity index (χ1) is 14.5. The zero-order chi connectivity index (χ0) is 21.3. The minimum absolute atomic E-state index is 0.199. The van der Waals surface area contributed by atoms with Gasteiger partial charge >= 0.3 is 5.97 Å². The maximum atomic E-state index is 12.8. The van der Waals surface area contributed by atoms with Crippen LogP contribution in [-0.4, -0.2) is 24.7 Å². The molecule has 0 unspecified atom stereocenters. The number of ether oxygens (including phenoxy) is 1. The van der Waals surface area contributed by atoms with Crippen LogP contribution in [0.3, 0.4) is 0 Å². The first kappa shape index (κ1) is 19.4. The second-order valence-corrected chi connectivity index (χ2v) is 6.92. The van der Waals surface area contributed by atoms with Gasteiger partial charge in [0.05, 0.1) is 29.6 Å². The quantitative estimate of drug-likeness (QED) is 0.464. The van der Waals surface area contributed by atoms with Crippen LogP contribution in [0, 0.1) is 6.92 Å². The number of hydrazone groups is 1. The van der Waals surface area contributed by atoms with E-state index in [2.05, 4.69) is 5.10 Å². The van der Waals surface area contributed by atoms with Crippen molar-refractivity contribution in [1.82, 2.24) is 0 Å². The second-order valence-electron chi connectivity index (χ2n) is 6.92. The summed E-state index contributed by atoms with van der Waals surface area (Å²) in [5.41, 5.74) is 4.06. The summed E-state index contributed by atoms with van der Waals surface area (Å²) in [6.45, 7) is 3.70. The van der Waals surface area contributed by atoms with Crippen molar-refractivity contribution in [3.63, 3.8) is 0 Å². The third kappa shape index (κ3) is 3.55. The number of benzene rings is 2. The van der Waals surface area contributed by atoms with Gasteiger partial charge in [-0.2, -0.15) is 10.1 Å². The summed E-state index contributed by atoms with van der Waals surface area (Å²) in [7, 11) is 1.35. The number of amides is 1. The lowest BCUT2D eigenvalue weighted by molar-refractivity contribution is -0.114. The van der Waals surface area contributed by atoms with Gasteiger partial charge in [0.15, 0.2) is 0 Å². The molecular weight excluding hydrogens is 380 g/mol. The van der Waals surface area contributed by atoms with Crippen LogP contribution in [0.2, 0.25) is 0 Å². The number of rotatable bonds is 4. The van der Waals surface area contributed by atoms with Crippen LogP contribution in [0.25, 0.3) is 17.4 Å². The molecule has 1 aliphatic rings. The van der Waals surface area contributed by atoms with Gasteiger partial charge in [0.1, 0.15) is 11.5 Å². The van der Waals surface area contributed by atoms with E-state index in [1.54, 1.807) is 25.1 Å². The fraction of sp³-hybridized carbons (Fsp3) is 0.125. The fourth-order valence-corrected chi connectivity index (χ4v) is 3.33. The molecule has 0 aliphatic carbocycles. The van der Waals surface area contributed by atoms with Crippen molar-refractivity contribution in [1.29, 1.82) is 0 Å². The van der Waals surface area contributed by atoms with Crippen molar-refractivity contribution < 1.29 is 18.7 Å². The Balaban J connectivity index is 1.61. The summed E-state index contributed by atoms with van der Waals surface area (Å²) >= 11 is 0. The molecule has 1 amide bonds. The van der Waals surface area contributed by atoms with E-state index in [1.165, 1.54) is 12.1 Å². The van der Waals surface area contributed by atoms with Crippen LogP contribution in [0.4, 0.5) is 5.69 Å². The number of methoxy groups -OCH3 is 1. The lowest BCUT2D eigenvalue weighted by atomic mass is 10.0. The monoisotopic (exact) mass is 400 g/mol. The molecule has 0 saturated carbocycles. The Morgan fingerprint density at radius 3 is 2.53 bits per heavy atom. The highest BCUT2D eigenvalue weighted by Crippen LogP contribution is 2.29. The number of hydrogen-bond donors (Lipinski definition) is 0. The van der Waals surface area contributed by atoms with Crippen molar-refractivity contribution in [3.05, 3.63) is 83.1 Å². The SMILES string of the molecule is COC(=O)c1ccc(-c2ccc(/C=C3\C(=O)N(c4ccccc4)N=C3C)o2)c(C)c1. The van der Waals surface area contributed by atoms with E-state index in [1.807, 2.05) is 55.5 Å². The first-order valence-corrected chi connectivity index (χ1v) is 9.44. The Morgan fingerprint density at radius 1 is 1.07 bits per heavy atom. The van der Waals surface area contributed by atoms with Crippen LogP contribution in [0.5, 0.6) is 0 Å². The van der Waals surface area contributed by atoms with Crippen LogP contribution in [-0.2, 0) is 9.53 Å². The molecular formula is C24H20N2O4. The Morgan fingerprint density at radius 2 is 1.83 bits per heavy atom. The van der Waals surface area contributed by atoms with Crippen molar-refractivity contribution >= 4 is 29.4 Å². The lowest BCUT2D eigenvalue weighted by Gasteiger charge is -2.10. The molecule has 4 rings (SSSR count). The van der Waals surface area contributed by atoms with E-state index in [4.69, 9.17) is 9.15 Å². The number of anilines is 1. The Bertz CT molecular complexity index is 1190. The maximum absolute atomic E-state index is 12.8. The number of hydrogen-bond acceptors (Lipinski definition) is 5. The largest absolute Gasteiger partial charge is 0.465 e. The predicted octanol–water partition coefficient (Wildman–Crippen LogP) is 4.85. The number of carbonyl (C=O) groups is 2. The van der Waals surface area contributed by atoms with Crippen molar-refractivity contribution in [2.24, 2.45) is 5.10 Å². The molecule has 0 fully saturated rings. The van der Waals surface area contributed by atoms with Crippen molar-refractivity contribution in [2.45, 2.75) is 13.8 Å². The van der Waals surface area contributed by atoms with Crippen molar-refractivity contribution in [2.75, 3.05) is 12.1 Å². The number of furan rings is 1. The lowest BCUT2D eigenvalue weighted by Crippen LogP contribution is -2.21. The van der Waals surface area contributed by atoms with E-state index in [9.17, 15) is 9.59 Å². The first-order valence-electron chi connectivity index (χ1n) is 9.44. The van der Waals surface area contributed by atoms with E-state index in [-0.39, 0.29) is 11.9 Å². The molecule has 6 nitrogen and oxygen atoms in total. The normalized spacial score (nSPS) is 14.9. The summed E-state index contributed by atoms with van der Waals surface area (Å²) < 4.78 is 10.7. The van der Waals surface area contributed by atoms with Gasteiger partial charge in [-0.3, -0.25) is 4.79 Å². The smallest absolute Gasteiger partial charge is 0.337 e. The van der Waals surface area contributed by atoms with Gasteiger partial charge in [-0.05, 0) is 61.9 Å². The second kappa shape index (κ2) is 7.83. The number of nitrogens with zero attached hydrogens (tertiary/aromatic N) is 2. The highest BCUT2D eigenvalue weighted by Gasteiger charge is 2.29. The summed E-state index contributed by atoms with van der Waals surface area (Å²) in [6.07, 6.45) is 1.70. The molecule has 3 aromatic rings. The van der Waals surface area contributed by atoms with E-state index in [0.717, 1.165) is 11.1 Å². The molecule has 2 heterocycles. The Kier molecular flexibility index (Phi) is 5.06. The molecule has 2 aromatic carbocycles. The third-order valence-corrected chi connectivity index (χ3v) is 4.89. The standard InChI is InChI=1S/C24H20N2O4/c1-15-13-17(24(28)29-3)9-11-20(15)22-12-10-19(30-22)14-21-16(2)25-26(23(21)27)18-7-5-4-6-8-18/h4-14H,1-3H3/b21-14-. The van der Waals surface area contributed by atoms with Crippen LogP contribution < -0.4 is 5.01 Å². The molecule has 1 aliphatic heterocycles. The van der Waals surface area contributed by atoms with Gasteiger partial charge in [0, 0.05) is 5.56 Å². The number of carbonyl (C=O) groups excluding carboxylic acids is 2. The topological polar surface area (TPSA) is 72.1 Å². The molecule has 6 heteroatoms. The molecule has 0 radical (unpaired) electrons. The number of para-hydroxylation sites is 1. The predicted molar refractivity (Wildman–Crippen MR) is 115 cm³/mol. The number of aryl methyl sites for hydroxylation is 1. The van der Waals surface area contributed by atoms with E-state index >= 15 is 0 Å². The van der Waals surface area contributed by atoms with Gasteiger partial charge in [-0.25, -0.2) is 4.79 Å². The van der Waals surface area contributed by atoms with Gasteiger partial charge in [0.2, 0.25) is 0 Å². The van der Waals surface area contributed by atoms with Crippen molar-refractivity contribution in [3.8, 4) is 11.3 Å². The average Bonchev–Trinajstić information content (AvgIpc) is 3.33. The van der Waals surface area contributed by atoms with Crippen LogP contribution in [0.15, 0.2) is 75.8 Å². The van der Waals surface area contributed by atoms with Gasteiger partial charge in [0.25, 0.3) is 5.91 Å². The minimum atomic E-state index is -0.382.